The van der Waals surface area contributed by atoms with Gasteiger partial charge >= 0.3 is 0 Å². The Bertz CT molecular complexity index is 1270. The summed E-state index contributed by atoms with van der Waals surface area (Å²) in [4.78, 5) is 21.7. The predicted molar refractivity (Wildman–Crippen MR) is 138 cm³/mol. The van der Waals surface area contributed by atoms with Crippen molar-refractivity contribution in [3.8, 4) is 5.75 Å². The van der Waals surface area contributed by atoms with Gasteiger partial charge in [-0.05, 0) is 29.3 Å². The molecule has 4 rings (SSSR count). The summed E-state index contributed by atoms with van der Waals surface area (Å²) in [6.45, 7) is 8.06. The van der Waals surface area contributed by atoms with Crippen LogP contribution in [-0.4, -0.2) is 50.6 Å². The molecule has 0 radical (unpaired) electrons. The molecule has 0 aliphatic heterocycles. The Balaban J connectivity index is 1.36. The van der Waals surface area contributed by atoms with E-state index >= 15 is 0 Å². The van der Waals surface area contributed by atoms with Gasteiger partial charge in [-0.25, -0.2) is 14.6 Å². The molecule has 2 N–H and O–H groups in total. The van der Waals surface area contributed by atoms with Crippen molar-refractivity contribution in [2.45, 2.75) is 44.1 Å². The van der Waals surface area contributed by atoms with Gasteiger partial charge in [-0.2, -0.15) is 5.10 Å². The van der Waals surface area contributed by atoms with E-state index in [0.717, 1.165) is 45.7 Å². The van der Waals surface area contributed by atoms with Gasteiger partial charge < -0.3 is 15.4 Å². The van der Waals surface area contributed by atoms with Gasteiger partial charge in [0, 0.05) is 18.3 Å². The number of carbonyl (C=O) groups excluding carboxylic acids is 1. The van der Waals surface area contributed by atoms with Gasteiger partial charge in [0.25, 0.3) is 5.91 Å². The fourth-order valence-electron chi connectivity index (χ4n) is 3.50. The molecular weight excluding hydrogens is 448 g/mol. The third kappa shape index (κ3) is 5.96. The Morgan fingerprint density at radius 1 is 1.12 bits per heavy atom. The summed E-state index contributed by atoms with van der Waals surface area (Å²) in [6, 6.07) is 13.9. The Labute approximate surface area is 203 Å². The van der Waals surface area contributed by atoms with E-state index in [4.69, 9.17) is 9.72 Å². The molecule has 0 spiro atoms. The molecule has 0 atom stereocenters. The van der Waals surface area contributed by atoms with Crippen molar-refractivity contribution >= 4 is 45.3 Å². The number of hydrogen-bond acceptors (Lipinski definition) is 7. The van der Waals surface area contributed by atoms with Crippen LogP contribution in [0.1, 0.15) is 27.2 Å². The average Bonchev–Trinajstić information content (AvgIpc) is 3.23. The van der Waals surface area contributed by atoms with Crippen molar-refractivity contribution in [2.24, 2.45) is 0 Å². The molecule has 8 nitrogen and oxygen atoms in total. The third-order valence-electron chi connectivity index (χ3n) is 5.10. The molecule has 1 amide bonds. The summed E-state index contributed by atoms with van der Waals surface area (Å²) in [5.41, 5.74) is 0.762. The van der Waals surface area contributed by atoms with E-state index in [2.05, 4.69) is 41.5 Å². The zero-order valence-corrected chi connectivity index (χ0v) is 20.6. The van der Waals surface area contributed by atoms with Gasteiger partial charge in [0.15, 0.2) is 17.4 Å². The van der Waals surface area contributed by atoms with E-state index in [1.165, 1.54) is 0 Å². The second kappa shape index (κ2) is 11.2. The number of aromatic nitrogens is 4. The molecule has 0 aliphatic carbocycles. The lowest BCUT2D eigenvalue weighted by molar-refractivity contribution is -0.123. The lowest BCUT2D eigenvalue weighted by atomic mass is 10.1. The lowest BCUT2D eigenvalue weighted by Gasteiger charge is -2.11. The van der Waals surface area contributed by atoms with Gasteiger partial charge in [-0.15, -0.1) is 0 Å². The standard InChI is InChI=1S/C25H30N6O2S/c1-4-11-27-23-21-15-28-31(24(21)30-25(29-23)34-17(2)3)13-12-26-22(32)16-33-20-10-9-18-7-5-6-8-19(18)14-20/h5-10,14-15,17H,4,11-13,16H2,1-3H3,(H,26,32)(H,27,29,30). The number of carbonyl (C=O) groups is 1. The van der Waals surface area contributed by atoms with Crippen molar-refractivity contribution in [3.05, 3.63) is 48.7 Å². The maximum absolute atomic E-state index is 12.3. The first-order valence-electron chi connectivity index (χ1n) is 11.6. The monoisotopic (exact) mass is 478 g/mol. The summed E-state index contributed by atoms with van der Waals surface area (Å²) < 4.78 is 7.48. The number of nitrogens with zero attached hydrogens (tertiary/aromatic N) is 4. The van der Waals surface area contributed by atoms with Crippen LogP contribution in [0.4, 0.5) is 5.82 Å². The summed E-state index contributed by atoms with van der Waals surface area (Å²) in [5, 5.41) is 15.0. The minimum Gasteiger partial charge on any atom is -0.484 e. The molecule has 0 saturated carbocycles. The Morgan fingerprint density at radius 3 is 2.74 bits per heavy atom. The maximum Gasteiger partial charge on any atom is 0.258 e. The van der Waals surface area contributed by atoms with Crippen LogP contribution >= 0.6 is 11.8 Å². The zero-order chi connectivity index (χ0) is 23.9. The van der Waals surface area contributed by atoms with E-state index in [0.29, 0.717) is 24.1 Å². The zero-order valence-electron chi connectivity index (χ0n) is 19.7. The average molecular weight is 479 g/mol. The molecule has 0 unspecified atom stereocenters. The molecule has 2 heterocycles. The van der Waals surface area contributed by atoms with E-state index in [-0.39, 0.29) is 12.5 Å². The van der Waals surface area contributed by atoms with Gasteiger partial charge in [0.1, 0.15) is 11.6 Å². The normalized spacial score (nSPS) is 11.3. The Morgan fingerprint density at radius 2 is 1.94 bits per heavy atom. The predicted octanol–water partition coefficient (Wildman–Crippen LogP) is 4.50. The van der Waals surface area contributed by atoms with E-state index in [9.17, 15) is 4.79 Å². The van der Waals surface area contributed by atoms with Crippen LogP contribution in [0.15, 0.2) is 53.8 Å². The number of fused-ring (bicyclic) bond motifs is 2. The van der Waals surface area contributed by atoms with Crippen LogP contribution in [-0.2, 0) is 11.3 Å². The van der Waals surface area contributed by atoms with Crippen molar-refractivity contribution in [1.82, 2.24) is 25.1 Å². The summed E-state index contributed by atoms with van der Waals surface area (Å²) in [6.07, 6.45) is 2.78. The minimum atomic E-state index is -0.180. The fraction of sp³-hybridized carbons (Fsp3) is 0.360. The maximum atomic E-state index is 12.3. The number of anilines is 1. The number of hydrogen-bond donors (Lipinski definition) is 2. The quantitative estimate of drug-likeness (QED) is 0.242. The highest BCUT2D eigenvalue weighted by Gasteiger charge is 2.14. The van der Waals surface area contributed by atoms with Gasteiger partial charge in [-0.1, -0.05) is 62.9 Å². The molecule has 0 aliphatic rings. The van der Waals surface area contributed by atoms with Crippen LogP contribution in [0.2, 0.25) is 0 Å². The molecule has 4 aromatic rings. The van der Waals surface area contributed by atoms with Gasteiger partial charge in [0.2, 0.25) is 0 Å². The van der Waals surface area contributed by atoms with Crippen LogP contribution in [0.3, 0.4) is 0 Å². The Hall–Kier alpha value is -3.33. The second-order valence-corrected chi connectivity index (χ2v) is 9.74. The number of amides is 1. The molecule has 178 valence electrons. The fourth-order valence-corrected chi connectivity index (χ4v) is 4.20. The van der Waals surface area contributed by atoms with Crippen molar-refractivity contribution < 1.29 is 9.53 Å². The SMILES string of the molecule is CCCNc1nc(SC(C)C)nc2c1cnn2CCNC(=O)COc1ccc2ccccc2c1. The molecule has 0 bridgehead atoms. The highest BCUT2D eigenvalue weighted by molar-refractivity contribution is 7.99. The summed E-state index contributed by atoms with van der Waals surface area (Å²) in [7, 11) is 0. The molecule has 0 fully saturated rings. The number of thioether (sulfide) groups is 1. The van der Waals surface area contributed by atoms with E-state index in [1.54, 1.807) is 18.0 Å². The van der Waals surface area contributed by atoms with Gasteiger partial charge in [-0.3, -0.25) is 4.79 Å². The molecule has 2 aromatic carbocycles. The van der Waals surface area contributed by atoms with E-state index < -0.39 is 0 Å². The minimum absolute atomic E-state index is 0.0410. The van der Waals surface area contributed by atoms with Gasteiger partial charge in [0.05, 0.1) is 18.1 Å². The summed E-state index contributed by atoms with van der Waals surface area (Å²) >= 11 is 1.62. The first kappa shape index (κ1) is 23.8. The highest BCUT2D eigenvalue weighted by Crippen LogP contribution is 2.26. The van der Waals surface area contributed by atoms with Crippen LogP contribution < -0.4 is 15.4 Å². The number of ether oxygens (including phenoxy) is 1. The number of rotatable bonds is 11. The second-order valence-electron chi connectivity index (χ2n) is 8.20. The van der Waals surface area contributed by atoms with Crippen molar-refractivity contribution in [2.75, 3.05) is 25.0 Å². The smallest absolute Gasteiger partial charge is 0.258 e. The van der Waals surface area contributed by atoms with Crippen molar-refractivity contribution in [3.63, 3.8) is 0 Å². The molecule has 34 heavy (non-hydrogen) atoms. The Kier molecular flexibility index (Phi) is 7.84. The first-order chi connectivity index (χ1) is 16.5. The largest absolute Gasteiger partial charge is 0.484 e. The van der Waals surface area contributed by atoms with E-state index in [1.807, 2.05) is 47.1 Å². The molecule has 0 saturated heterocycles. The number of benzene rings is 2. The first-order valence-corrected chi connectivity index (χ1v) is 12.4. The van der Waals surface area contributed by atoms with Crippen LogP contribution in [0, 0.1) is 0 Å². The highest BCUT2D eigenvalue weighted by atomic mass is 32.2. The molecule has 9 heteroatoms. The van der Waals surface area contributed by atoms with Crippen LogP contribution in [0.25, 0.3) is 21.8 Å². The van der Waals surface area contributed by atoms with Crippen LogP contribution in [0.5, 0.6) is 5.75 Å². The lowest BCUT2D eigenvalue weighted by Crippen LogP contribution is -2.31. The molecular formula is C25H30N6O2S. The third-order valence-corrected chi connectivity index (χ3v) is 5.96. The number of nitrogens with one attached hydrogen (secondary N) is 2. The topological polar surface area (TPSA) is 94.0 Å². The molecule has 2 aromatic heterocycles. The summed E-state index contributed by atoms with van der Waals surface area (Å²) in [5.74, 6) is 1.29. The van der Waals surface area contributed by atoms with Crippen molar-refractivity contribution in [1.29, 1.82) is 0 Å².